The van der Waals surface area contributed by atoms with E-state index in [0.29, 0.717) is 12.8 Å². The number of nitriles is 1. The van der Waals surface area contributed by atoms with E-state index < -0.39 is 15.6 Å². The molecule has 0 amide bonds. The predicted molar refractivity (Wildman–Crippen MR) is 65.5 cm³/mol. The summed E-state index contributed by atoms with van der Waals surface area (Å²) in [5.74, 6) is 0. The van der Waals surface area contributed by atoms with Crippen molar-refractivity contribution in [3.63, 3.8) is 0 Å². The number of nitrogens with one attached hydrogen (secondary N) is 1. The second kappa shape index (κ2) is 4.52. The van der Waals surface area contributed by atoms with Gasteiger partial charge in [-0.05, 0) is 31.0 Å². The van der Waals surface area contributed by atoms with Gasteiger partial charge in [-0.15, -0.1) is 0 Å². The Labute approximate surface area is 110 Å². The lowest BCUT2D eigenvalue weighted by molar-refractivity contribution is 0.246. The second-order valence-corrected chi connectivity index (χ2v) is 6.36. The topological polar surface area (TPSA) is 90.2 Å². The zero-order chi connectivity index (χ0) is 13.4. The first-order chi connectivity index (χ1) is 8.42. The highest BCUT2D eigenvalue weighted by Crippen LogP contribution is 2.37. The van der Waals surface area contributed by atoms with Crippen LogP contribution in [0.15, 0.2) is 23.1 Å². The molecule has 7 heteroatoms. The van der Waals surface area contributed by atoms with Crippen LogP contribution in [0.3, 0.4) is 0 Å². The fraction of sp³-hybridized carbons (Fsp3) is 0.364. The zero-order valence-corrected chi connectivity index (χ0v) is 10.9. The Balaban J connectivity index is 2.38. The van der Waals surface area contributed by atoms with Crippen molar-refractivity contribution in [1.29, 1.82) is 5.26 Å². The quantitative estimate of drug-likeness (QED) is 0.864. The lowest BCUT2D eigenvalue weighted by Crippen LogP contribution is -2.39. The number of hydrogen-bond acceptors (Lipinski definition) is 4. The monoisotopic (exact) mass is 286 g/mol. The molecule has 0 atom stereocenters. The van der Waals surface area contributed by atoms with Gasteiger partial charge < -0.3 is 5.11 Å². The molecule has 1 aromatic carbocycles. The fourth-order valence-corrected chi connectivity index (χ4v) is 3.54. The number of rotatable bonds is 4. The molecule has 1 saturated carbocycles. The minimum Gasteiger partial charge on any atom is -0.394 e. The highest BCUT2D eigenvalue weighted by Gasteiger charge is 2.45. The van der Waals surface area contributed by atoms with Crippen molar-refractivity contribution in [2.45, 2.75) is 23.3 Å². The normalized spacial score (nSPS) is 17.2. The molecule has 1 aromatic rings. The summed E-state index contributed by atoms with van der Waals surface area (Å²) in [6, 6.07) is 5.89. The lowest BCUT2D eigenvalue weighted by atomic mass is 10.2. The largest absolute Gasteiger partial charge is 0.394 e. The third-order valence-electron chi connectivity index (χ3n) is 2.86. The Kier molecular flexibility index (Phi) is 3.34. The number of aliphatic hydroxyl groups is 1. The number of nitrogens with zero attached hydrogens (tertiary/aromatic N) is 1. The van der Waals surface area contributed by atoms with Gasteiger partial charge in [-0.1, -0.05) is 11.6 Å². The molecular formula is C11H11ClN2O3S. The van der Waals surface area contributed by atoms with Crippen molar-refractivity contribution >= 4 is 21.6 Å². The SMILES string of the molecule is N#Cc1ccc(Cl)c(S(=O)(=O)NC2(CO)CC2)c1. The minimum absolute atomic E-state index is 0.0511. The molecule has 0 radical (unpaired) electrons. The van der Waals surface area contributed by atoms with E-state index in [2.05, 4.69) is 4.72 Å². The average molecular weight is 287 g/mol. The lowest BCUT2D eigenvalue weighted by Gasteiger charge is -2.15. The van der Waals surface area contributed by atoms with Gasteiger partial charge in [-0.25, -0.2) is 13.1 Å². The van der Waals surface area contributed by atoms with Gasteiger partial charge in [-0.3, -0.25) is 0 Å². The molecule has 1 aliphatic rings. The van der Waals surface area contributed by atoms with Crippen LogP contribution in [0.1, 0.15) is 18.4 Å². The number of halogens is 1. The number of benzene rings is 1. The molecule has 96 valence electrons. The molecule has 1 fully saturated rings. The highest BCUT2D eigenvalue weighted by atomic mass is 35.5. The van der Waals surface area contributed by atoms with Gasteiger partial charge in [0.05, 0.1) is 28.8 Å². The Bertz CT molecular complexity index is 618. The van der Waals surface area contributed by atoms with E-state index >= 15 is 0 Å². The van der Waals surface area contributed by atoms with Crippen molar-refractivity contribution in [3.05, 3.63) is 28.8 Å². The molecule has 0 saturated heterocycles. The van der Waals surface area contributed by atoms with E-state index in [1.54, 1.807) is 0 Å². The van der Waals surface area contributed by atoms with Crippen molar-refractivity contribution in [3.8, 4) is 6.07 Å². The molecule has 2 rings (SSSR count). The Morgan fingerprint density at radius 3 is 2.67 bits per heavy atom. The van der Waals surface area contributed by atoms with E-state index in [1.165, 1.54) is 18.2 Å². The maximum Gasteiger partial charge on any atom is 0.242 e. The van der Waals surface area contributed by atoms with Crippen molar-refractivity contribution < 1.29 is 13.5 Å². The third-order valence-corrected chi connectivity index (χ3v) is 4.92. The summed E-state index contributed by atoms with van der Waals surface area (Å²) in [5.41, 5.74) is -0.543. The molecular weight excluding hydrogens is 276 g/mol. The molecule has 2 N–H and O–H groups in total. The summed E-state index contributed by atoms with van der Waals surface area (Å²) in [5, 5.41) is 17.9. The van der Waals surface area contributed by atoms with Crippen LogP contribution in [0.4, 0.5) is 0 Å². The van der Waals surface area contributed by atoms with Crippen molar-refractivity contribution in [2.75, 3.05) is 6.61 Å². The smallest absolute Gasteiger partial charge is 0.242 e. The third kappa shape index (κ3) is 2.49. The molecule has 0 unspecified atom stereocenters. The summed E-state index contributed by atoms with van der Waals surface area (Å²) in [4.78, 5) is -0.136. The van der Waals surface area contributed by atoms with Crippen LogP contribution in [0, 0.1) is 11.3 Å². The van der Waals surface area contributed by atoms with Gasteiger partial charge in [0, 0.05) is 0 Å². The molecule has 0 heterocycles. The summed E-state index contributed by atoms with van der Waals surface area (Å²) in [6.45, 7) is -0.248. The van der Waals surface area contributed by atoms with Crippen LogP contribution in [-0.2, 0) is 10.0 Å². The molecule has 18 heavy (non-hydrogen) atoms. The van der Waals surface area contributed by atoms with Crippen molar-refractivity contribution in [1.82, 2.24) is 4.72 Å². The highest BCUT2D eigenvalue weighted by molar-refractivity contribution is 7.89. The minimum atomic E-state index is -3.82. The average Bonchev–Trinajstić information content (AvgIpc) is 3.09. The predicted octanol–water partition coefficient (Wildman–Crippen LogP) is 1.01. The first kappa shape index (κ1) is 13.3. The van der Waals surface area contributed by atoms with Gasteiger partial charge >= 0.3 is 0 Å². The van der Waals surface area contributed by atoms with Gasteiger partial charge in [-0.2, -0.15) is 5.26 Å². The van der Waals surface area contributed by atoms with Crippen LogP contribution in [0.5, 0.6) is 0 Å². The number of aliphatic hydroxyl groups excluding tert-OH is 1. The number of sulfonamides is 1. The van der Waals surface area contributed by atoms with Gasteiger partial charge in [0.15, 0.2) is 0 Å². The second-order valence-electron chi connectivity index (χ2n) is 4.30. The fourth-order valence-electron chi connectivity index (χ4n) is 1.56. The summed E-state index contributed by atoms with van der Waals surface area (Å²) < 4.78 is 26.7. The van der Waals surface area contributed by atoms with E-state index in [0.717, 1.165) is 0 Å². The molecule has 0 spiro atoms. The summed E-state index contributed by atoms with van der Waals surface area (Å²) in [7, 11) is -3.82. The van der Waals surface area contributed by atoms with Gasteiger partial charge in [0.2, 0.25) is 10.0 Å². The van der Waals surface area contributed by atoms with E-state index in [-0.39, 0.29) is 22.1 Å². The van der Waals surface area contributed by atoms with Crippen molar-refractivity contribution in [2.24, 2.45) is 0 Å². The maximum absolute atomic E-state index is 12.1. The standard InChI is InChI=1S/C11H11ClN2O3S/c12-9-2-1-8(6-13)5-10(9)18(16,17)14-11(7-15)3-4-11/h1-2,5,14-15H,3-4,7H2. The molecule has 1 aliphatic carbocycles. The zero-order valence-electron chi connectivity index (χ0n) is 9.35. The van der Waals surface area contributed by atoms with Crippen LogP contribution in [-0.4, -0.2) is 25.7 Å². The van der Waals surface area contributed by atoms with Crippen LogP contribution >= 0.6 is 11.6 Å². The summed E-state index contributed by atoms with van der Waals surface area (Å²) in [6.07, 6.45) is 1.19. The first-order valence-corrected chi connectivity index (χ1v) is 7.13. The maximum atomic E-state index is 12.1. The molecule has 0 aliphatic heterocycles. The Hall–Kier alpha value is -1.13. The Morgan fingerprint density at radius 1 is 1.50 bits per heavy atom. The van der Waals surface area contributed by atoms with E-state index in [4.69, 9.17) is 22.0 Å². The first-order valence-electron chi connectivity index (χ1n) is 5.27. The Morgan fingerprint density at radius 2 is 2.17 bits per heavy atom. The van der Waals surface area contributed by atoms with Crippen LogP contribution in [0.25, 0.3) is 0 Å². The van der Waals surface area contributed by atoms with Crippen LogP contribution < -0.4 is 4.72 Å². The van der Waals surface area contributed by atoms with Crippen LogP contribution in [0.2, 0.25) is 5.02 Å². The molecule has 0 bridgehead atoms. The van der Waals surface area contributed by atoms with Gasteiger partial charge in [0.1, 0.15) is 4.90 Å². The van der Waals surface area contributed by atoms with E-state index in [9.17, 15) is 8.42 Å². The van der Waals surface area contributed by atoms with Gasteiger partial charge in [0.25, 0.3) is 0 Å². The van der Waals surface area contributed by atoms with E-state index in [1.807, 2.05) is 6.07 Å². The molecule has 5 nitrogen and oxygen atoms in total. The summed E-state index contributed by atoms with van der Waals surface area (Å²) >= 11 is 5.84. The molecule has 0 aromatic heterocycles. The number of hydrogen-bond donors (Lipinski definition) is 2.